The van der Waals surface area contributed by atoms with Gasteiger partial charge in [-0.3, -0.25) is 0 Å². The molecule has 0 aromatic heterocycles. The first-order valence-electron chi connectivity index (χ1n) is 3.71. The normalized spacial score (nSPS) is 9.45. The third kappa shape index (κ3) is 9.44. The minimum absolute atomic E-state index is 0.361. The van der Waals surface area contributed by atoms with Crippen molar-refractivity contribution >= 4 is 0 Å². The summed E-state index contributed by atoms with van der Waals surface area (Å²) in [6.07, 6.45) is 5.86. The fraction of sp³-hybridized carbons (Fsp3) is 0.750. The quantitative estimate of drug-likeness (QED) is 0.418. The van der Waals surface area contributed by atoms with E-state index in [9.17, 15) is 0 Å². The molecule has 3 heteroatoms. The molecular weight excluding hydrogens is 142 g/mol. The number of hydrogen-bond donors (Lipinski definition) is 1. The number of ether oxygens (including phenoxy) is 2. The van der Waals surface area contributed by atoms with Crippen LogP contribution in [-0.2, 0) is 9.47 Å². The van der Waals surface area contributed by atoms with E-state index in [-0.39, 0.29) is 0 Å². The predicted octanol–water partition coefficient (Wildman–Crippen LogP) is 0.00160. The fourth-order valence-electron chi connectivity index (χ4n) is 0.536. The topological polar surface area (TPSA) is 44.5 Å². The molecule has 0 bridgehead atoms. The predicted molar refractivity (Wildman–Crippen MR) is 44.1 cm³/mol. The Morgan fingerprint density at radius 2 is 1.91 bits per heavy atom. The van der Waals surface area contributed by atoms with Crippen LogP contribution in [0.25, 0.3) is 0 Å². The molecule has 0 saturated heterocycles. The van der Waals surface area contributed by atoms with Gasteiger partial charge in [-0.05, 0) is 13.0 Å². The molecule has 0 saturated carbocycles. The Hall–Kier alpha value is -0.560. The summed E-state index contributed by atoms with van der Waals surface area (Å²) in [5.41, 5.74) is 5.25. The Morgan fingerprint density at radius 1 is 1.18 bits per heavy atom. The van der Waals surface area contributed by atoms with E-state index >= 15 is 0 Å². The Kier molecular flexibility index (Phi) is 8.96. The van der Waals surface area contributed by atoms with E-state index in [1.54, 1.807) is 0 Å². The lowest BCUT2D eigenvalue weighted by atomic mass is 10.5. The van der Waals surface area contributed by atoms with Crippen LogP contribution in [0.15, 0.2) is 0 Å². The number of hydrogen-bond acceptors (Lipinski definition) is 3. The average molecular weight is 157 g/mol. The third-order valence-corrected chi connectivity index (χ3v) is 1.05. The van der Waals surface area contributed by atoms with Crippen LogP contribution < -0.4 is 5.73 Å². The van der Waals surface area contributed by atoms with E-state index in [0.717, 1.165) is 6.42 Å². The highest BCUT2D eigenvalue weighted by atomic mass is 16.5. The molecule has 0 spiro atoms. The van der Waals surface area contributed by atoms with Gasteiger partial charge in [0.15, 0.2) is 0 Å². The van der Waals surface area contributed by atoms with Crippen molar-refractivity contribution in [1.82, 2.24) is 0 Å². The number of terminal acetylenes is 1. The van der Waals surface area contributed by atoms with Crippen LogP contribution in [-0.4, -0.2) is 33.0 Å². The summed E-state index contributed by atoms with van der Waals surface area (Å²) < 4.78 is 10.1. The van der Waals surface area contributed by atoms with Gasteiger partial charge in [0, 0.05) is 6.61 Å². The highest BCUT2D eigenvalue weighted by Gasteiger charge is 1.86. The zero-order chi connectivity index (χ0) is 8.36. The molecule has 0 fully saturated rings. The van der Waals surface area contributed by atoms with E-state index < -0.39 is 0 Å². The highest BCUT2D eigenvalue weighted by molar-refractivity contribution is 4.82. The molecule has 0 aromatic carbocycles. The van der Waals surface area contributed by atoms with Crippen LogP contribution in [0, 0.1) is 12.3 Å². The Balaban J connectivity index is 2.75. The molecule has 0 rings (SSSR count). The number of nitrogens with two attached hydrogens (primary N) is 1. The summed E-state index contributed by atoms with van der Waals surface area (Å²) >= 11 is 0. The second kappa shape index (κ2) is 9.44. The van der Waals surface area contributed by atoms with Gasteiger partial charge in [0.25, 0.3) is 0 Å². The van der Waals surface area contributed by atoms with E-state index in [2.05, 4.69) is 5.92 Å². The van der Waals surface area contributed by atoms with E-state index in [1.807, 2.05) is 0 Å². The zero-order valence-corrected chi connectivity index (χ0v) is 6.71. The largest absolute Gasteiger partial charge is 0.379 e. The fourth-order valence-corrected chi connectivity index (χ4v) is 0.536. The molecule has 0 aliphatic carbocycles. The van der Waals surface area contributed by atoms with Crippen LogP contribution in [0.4, 0.5) is 0 Å². The monoisotopic (exact) mass is 157 g/mol. The van der Waals surface area contributed by atoms with Gasteiger partial charge in [0.1, 0.15) is 6.61 Å². The number of rotatable bonds is 7. The van der Waals surface area contributed by atoms with Gasteiger partial charge in [-0.25, -0.2) is 0 Å². The Labute approximate surface area is 67.9 Å². The molecule has 2 N–H and O–H groups in total. The standard InChI is InChI=1S/C8H15NO2/c1-2-5-10-7-8-11-6-3-4-9/h1H,3-9H2. The van der Waals surface area contributed by atoms with Gasteiger partial charge in [-0.15, -0.1) is 6.42 Å². The van der Waals surface area contributed by atoms with Crippen molar-refractivity contribution in [1.29, 1.82) is 0 Å². The summed E-state index contributed by atoms with van der Waals surface area (Å²) in [6, 6.07) is 0. The first-order chi connectivity index (χ1) is 5.41. The smallest absolute Gasteiger partial charge is 0.107 e. The van der Waals surface area contributed by atoms with Gasteiger partial charge in [-0.1, -0.05) is 5.92 Å². The zero-order valence-electron chi connectivity index (χ0n) is 6.71. The molecule has 11 heavy (non-hydrogen) atoms. The van der Waals surface area contributed by atoms with Gasteiger partial charge in [0.05, 0.1) is 13.2 Å². The van der Waals surface area contributed by atoms with Gasteiger partial charge in [0.2, 0.25) is 0 Å². The van der Waals surface area contributed by atoms with Gasteiger partial charge < -0.3 is 15.2 Å². The Bertz CT molecular complexity index is 109. The molecule has 0 aliphatic heterocycles. The van der Waals surface area contributed by atoms with Crippen molar-refractivity contribution in [3.63, 3.8) is 0 Å². The second-order valence-electron chi connectivity index (χ2n) is 2.01. The van der Waals surface area contributed by atoms with Crippen LogP contribution in [0.5, 0.6) is 0 Å². The minimum Gasteiger partial charge on any atom is -0.379 e. The van der Waals surface area contributed by atoms with Gasteiger partial charge >= 0.3 is 0 Å². The maximum Gasteiger partial charge on any atom is 0.107 e. The van der Waals surface area contributed by atoms with Crippen molar-refractivity contribution in [3.8, 4) is 12.3 Å². The molecule has 0 radical (unpaired) electrons. The lowest BCUT2D eigenvalue weighted by molar-refractivity contribution is 0.0598. The maximum atomic E-state index is 5.25. The average Bonchev–Trinajstić information content (AvgIpc) is 2.03. The van der Waals surface area contributed by atoms with Crippen molar-refractivity contribution in [2.45, 2.75) is 6.42 Å². The molecule has 0 heterocycles. The third-order valence-electron chi connectivity index (χ3n) is 1.05. The summed E-state index contributed by atoms with van der Waals surface area (Å²) in [5.74, 6) is 2.37. The second-order valence-corrected chi connectivity index (χ2v) is 2.01. The Morgan fingerprint density at radius 3 is 2.55 bits per heavy atom. The summed E-state index contributed by atoms with van der Waals surface area (Å²) in [5, 5.41) is 0. The SMILES string of the molecule is C#CCOCCOCCCN. The molecular formula is C8H15NO2. The highest BCUT2D eigenvalue weighted by Crippen LogP contribution is 1.80. The molecule has 0 aliphatic rings. The van der Waals surface area contributed by atoms with E-state index in [1.165, 1.54) is 0 Å². The maximum absolute atomic E-state index is 5.25. The van der Waals surface area contributed by atoms with E-state index in [4.69, 9.17) is 21.6 Å². The van der Waals surface area contributed by atoms with Crippen molar-refractivity contribution in [2.75, 3.05) is 33.0 Å². The van der Waals surface area contributed by atoms with Gasteiger partial charge in [-0.2, -0.15) is 0 Å². The molecule has 0 aromatic rings. The summed E-state index contributed by atoms with van der Waals surface area (Å²) in [4.78, 5) is 0. The van der Waals surface area contributed by atoms with Crippen LogP contribution in [0.2, 0.25) is 0 Å². The van der Waals surface area contributed by atoms with Crippen molar-refractivity contribution in [2.24, 2.45) is 5.73 Å². The minimum atomic E-state index is 0.361. The molecule has 0 unspecified atom stereocenters. The summed E-state index contributed by atoms with van der Waals surface area (Å²) in [6.45, 7) is 2.90. The first kappa shape index (κ1) is 10.4. The molecule has 3 nitrogen and oxygen atoms in total. The van der Waals surface area contributed by atoms with E-state index in [0.29, 0.717) is 33.0 Å². The molecule has 0 atom stereocenters. The lowest BCUT2D eigenvalue weighted by Gasteiger charge is -2.01. The lowest BCUT2D eigenvalue weighted by Crippen LogP contribution is -2.08. The first-order valence-corrected chi connectivity index (χ1v) is 3.71. The molecule has 64 valence electrons. The van der Waals surface area contributed by atoms with Crippen LogP contribution in [0.3, 0.4) is 0 Å². The molecule has 0 amide bonds. The summed E-state index contributed by atoms with van der Waals surface area (Å²) in [7, 11) is 0. The van der Waals surface area contributed by atoms with Crippen molar-refractivity contribution < 1.29 is 9.47 Å². The van der Waals surface area contributed by atoms with Crippen molar-refractivity contribution in [3.05, 3.63) is 0 Å². The van der Waals surface area contributed by atoms with Crippen LogP contribution >= 0.6 is 0 Å². The van der Waals surface area contributed by atoms with Crippen LogP contribution in [0.1, 0.15) is 6.42 Å².